The van der Waals surface area contributed by atoms with E-state index >= 15 is 0 Å². The van der Waals surface area contributed by atoms with E-state index in [9.17, 15) is 0 Å². The number of fused-ring (bicyclic) bond motifs is 1. The normalized spacial score (nSPS) is 42.7. The van der Waals surface area contributed by atoms with Crippen molar-refractivity contribution in [3.05, 3.63) is 0 Å². The number of nitrogens with zero attached hydrogens (tertiary/aromatic N) is 3. The minimum Gasteiger partial charge on any atom is -0.276 e. The van der Waals surface area contributed by atoms with Crippen LogP contribution in [0.5, 0.6) is 0 Å². The van der Waals surface area contributed by atoms with Crippen LogP contribution in [0.3, 0.4) is 0 Å². The smallest absolute Gasteiger partial charge is 0.0952 e. The highest BCUT2D eigenvalue weighted by atomic mass is 15.6. The Morgan fingerprint density at radius 3 is 2.91 bits per heavy atom. The lowest BCUT2D eigenvalue weighted by molar-refractivity contribution is 0.163. The Morgan fingerprint density at radius 2 is 2.18 bits per heavy atom. The summed E-state index contributed by atoms with van der Waals surface area (Å²) in [4.78, 5) is 0. The number of rotatable bonds is 0. The van der Waals surface area contributed by atoms with Gasteiger partial charge >= 0.3 is 0 Å². The average molecular weight is 153 g/mol. The molecular weight excluding hydrogens is 138 g/mol. The zero-order chi connectivity index (χ0) is 7.84. The zero-order valence-electron chi connectivity index (χ0n) is 7.20. The highest BCUT2D eigenvalue weighted by Gasteiger charge is 2.37. The van der Waals surface area contributed by atoms with Crippen LogP contribution in [-0.4, -0.2) is 24.1 Å². The topological polar surface area (TPSA) is 28.0 Å². The quantitative estimate of drug-likeness (QED) is 0.522. The third-order valence-electron chi connectivity index (χ3n) is 2.91. The third-order valence-corrected chi connectivity index (χ3v) is 2.91. The summed E-state index contributed by atoms with van der Waals surface area (Å²) < 4.78 is 0. The van der Waals surface area contributed by atoms with Crippen LogP contribution in [0, 0.1) is 5.92 Å². The molecule has 1 heterocycles. The summed E-state index contributed by atoms with van der Waals surface area (Å²) in [6.07, 6.45) is 3.91. The maximum absolute atomic E-state index is 4.24. The molecule has 62 valence electrons. The predicted molar refractivity (Wildman–Crippen MR) is 43.2 cm³/mol. The van der Waals surface area contributed by atoms with Crippen molar-refractivity contribution in [2.24, 2.45) is 16.3 Å². The Bertz CT molecular complexity index is 178. The molecule has 3 nitrogen and oxygen atoms in total. The van der Waals surface area contributed by atoms with E-state index in [0.29, 0.717) is 12.1 Å². The Morgan fingerprint density at radius 1 is 1.36 bits per heavy atom. The van der Waals surface area contributed by atoms with Crippen LogP contribution in [0.4, 0.5) is 0 Å². The molecule has 0 N–H and O–H groups in total. The van der Waals surface area contributed by atoms with Gasteiger partial charge in [-0.3, -0.25) is 5.01 Å². The lowest BCUT2D eigenvalue weighted by Crippen LogP contribution is -2.40. The van der Waals surface area contributed by atoms with Crippen LogP contribution in [-0.2, 0) is 0 Å². The number of likely N-dealkylation sites (N-methyl/N-ethyl adjacent to an activating group) is 1. The molecule has 2 aliphatic rings. The molecule has 0 aromatic heterocycles. The van der Waals surface area contributed by atoms with E-state index in [2.05, 4.69) is 17.3 Å². The van der Waals surface area contributed by atoms with Gasteiger partial charge in [-0.15, -0.1) is 0 Å². The van der Waals surface area contributed by atoms with E-state index in [1.807, 2.05) is 12.1 Å². The Kier molecular flexibility index (Phi) is 1.59. The number of hydrogen-bond donors (Lipinski definition) is 0. The minimum absolute atomic E-state index is 0.503. The van der Waals surface area contributed by atoms with E-state index in [1.165, 1.54) is 19.3 Å². The van der Waals surface area contributed by atoms with Crippen molar-refractivity contribution in [2.45, 2.75) is 38.3 Å². The molecule has 0 aromatic rings. The SMILES string of the molecule is CC1CCCC2N=NN(C)C12. The molecule has 2 rings (SSSR count). The van der Waals surface area contributed by atoms with Gasteiger partial charge in [0.15, 0.2) is 0 Å². The van der Waals surface area contributed by atoms with Crippen molar-refractivity contribution < 1.29 is 0 Å². The van der Waals surface area contributed by atoms with Crippen LogP contribution in [0.15, 0.2) is 10.3 Å². The van der Waals surface area contributed by atoms with Crippen LogP contribution >= 0.6 is 0 Å². The molecule has 3 heteroatoms. The van der Waals surface area contributed by atoms with Gasteiger partial charge in [-0.1, -0.05) is 18.6 Å². The van der Waals surface area contributed by atoms with Crippen molar-refractivity contribution in [3.8, 4) is 0 Å². The second-order valence-corrected chi connectivity index (χ2v) is 3.74. The Labute approximate surface area is 67.5 Å². The maximum atomic E-state index is 4.24. The summed E-state index contributed by atoms with van der Waals surface area (Å²) in [6, 6.07) is 1.10. The Balaban J connectivity index is 2.13. The third kappa shape index (κ3) is 1.03. The molecule has 3 atom stereocenters. The second kappa shape index (κ2) is 2.47. The minimum atomic E-state index is 0.503. The van der Waals surface area contributed by atoms with Gasteiger partial charge in [0.1, 0.15) is 0 Å². The molecule has 3 unspecified atom stereocenters. The molecule has 1 aliphatic heterocycles. The van der Waals surface area contributed by atoms with Gasteiger partial charge in [-0.05, 0) is 18.8 Å². The predicted octanol–water partition coefficient (Wildman–Crippen LogP) is 1.86. The fourth-order valence-corrected chi connectivity index (χ4v) is 2.32. The molecule has 11 heavy (non-hydrogen) atoms. The first-order valence-corrected chi connectivity index (χ1v) is 4.42. The summed E-state index contributed by atoms with van der Waals surface area (Å²) in [6.45, 7) is 2.31. The summed E-state index contributed by atoms with van der Waals surface area (Å²) in [5, 5.41) is 10.4. The maximum Gasteiger partial charge on any atom is 0.0952 e. The molecule has 0 bridgehead atoms. The van der Waals surface area contributed by atoms with E-state index in [1.54, 1.807) is 0 Å². The van der Waals surface area contributed by atoms with Gasteiger partial charge in [-0.2, -0.15) is 5.11 Å². The van der Waals surface area contributed by atoms with Gasteiger partial charge in [0.05, 0.1) is 12.1 Å². The van der Waals surface area contributed by atoms with Crippen LogP contribution in [0.2, 0.25) is 0 Å². The molecule has 0 spiro atoms. The van der Waals surface area contributed by atoms with Crippen molar-refractivity contribution >= 4 is 0 Å². The van der Waals surface area contributed by atoms with Crippen LogP contribution in [0.1, 0.15) is 26.2 Å². The van der Waals surface area contributed by atoms with Crippen molar-refractivity contribution in [2.75, 3.05) is 7.05 Å². The standard InChI is InChI=1S/C8H15N3/c1-6-4-3-5-7-8(6)11(2)10-9-7/h6-8H,3-5H2,1-2H3. The van der Waals surface area contributed by atoms with Crippen molar-refractivity contribution in [1.29, 1.82) is 0 Å². The second-order valence-electron chi connectivity index (χ2n) is 3.74. The summed E-state index contributed by atoms with van der Waals surface area (Å²) in [5.74, 6) is 0.772. The molecule has 1 aliphatic carbocycles. The molecule has 1 saturated carbocycles. The molecule has 1 fully saturated rings. The lowest BCUT2D eigenvalue weighted by atomic mass is 9.83. The summed E-state index contributed by atoms with van der Waals surface area (Å²) in [7, 11) is 2.04. The molecule has 0 radical (unpaired) electrons. The fraction of sp³-hybridized carbons (Fsp3) is 1.00. The van der Waals surface area contributed by atoms with Crippen LogP contribution < -0.4 is 0 Å². The van der Waals surface area contributed by atoms with Crippen molar-refractivity contribution in [1.82, 2.24) is 5.01 Å². The average Bonchev–Trinajstić information content (AvgIpc) is 2.34. The first-order valence-electron chi connectivity index (χ1n) is 4.42. The van der Waals surface area contributed by atoms with Gasteiger partial charge in [0, 0.05) is 7.05 Å². The molecule has 0 aromatic carbocycles. The first-order chi connectivity index (χ1) is 5.29. The van der Waals surface area contributed by atoms with Gasteiger partial charge in [0.2, 0.25) is 0 Å². The monoisotopic (exact) mass is 153 g/mol. The fourth-order valence-electron chi connectivity index (χ4n) is 2.32. The summed E-state index contributed by atoms with van der Waals surface area (Å²) >= 11 is 0. The van der Waals surface area contributed by atoms with E-state index in [4.69, 9.17) is 0 Å². The summed E-state index contributed by atoms with van der Waals surface area (Å²) in [5.41, 5.74) is 0. The first kappa shape index (κ1) is 7.07. The lowest BCUT2D eigenvalue weighted by Gasteiger charge is -2.32. The van der Waals surface area contributed by atoms with Crippen LogP contribution in [0.25, 0.3) is 0 Å². The highest BCUT2D eigenvalue weighted by Crippen LogP contribution is 2.33. The molecule has 0 saturated heterocycles. The van der Waals surface area contributed by atoms with Crippen molar-refractivity contribution in [3.63, 3.8) is 0 Å². The van der Waals surface area contributed by atoms with Gasteiger partial charge < -0.3 is 0 Å². The Hall–Kier alpha value is -0.600. The van der Waals surface area contributed by atoms with E-state index in [-0.39, 0.29) is 0 Å². The molecule has 0 amide bonds. The highest BCUT2D eigenvalue weighted by molar-refractivity contribution is 4.91. The van der Waals surface area contributed by atoms with E-state index in [0.717, 1.165) is 5.92 Å². The van der Waals surface area contributed by atoms with E-state index < -0.39 is 0 Å². The molecular formula is C8H15N3. The number of hydrogen-bond acceptors (Lipinski definition) is 3. The van der Waals surface area contributed by atoms with Gasteiger partial charge in [0.25, 0.3) is 0 Å². The largest absolute Gasteiger partial charge is 0.276 e. The van der Waals surface area contributed by atoms with Gasteiger partial charge in [-0.25, -0.2) is 0 Å². The zero-order valence-corrected chi connectivity index (χ0v) is 7.20.